The Bertz CT molecular complexity index is 239. The molecule has 18 heavy (non-hydrogen) atoms. The van der Waals surface area contributed by atoms with E-state index in [1.54, 1.807) is 0 Å². The van der Waals surface area contributed by atoms with Gasteiger partial charge in [-0.3, -0.25) is 4.79 Å². The molecule has 0 aromatic heterocycles. The molecule has 1 heterocycles. The number of nitrogens with one attached hydrogen (secondary N) is 1. The van der Waals surface area contributed by atoms with Crippen LogP contribution in [0.3, 0.4) is 0 Å². The van der Waals surface area contributed by atoms with Crippen LogP contribution in [0.25, 0.3) is 0 Å². The van der Waals surface area contributed by atoms with Gasteiger partial charge in [0.15, 0.2) is 0 Å². The molecule has 0 aromatic carbocycles. The first-order valence-electron chi connectivity index (χ1n) is 7.23. The summed E-state index contributed by atoms with van der Waals surface area (Å²) in [7, 11) is 0. The summed E-state index contributed by atoms with van der Waals surface area (Å²) in [6.07, 6.45) is 6.01. The van der Waals surface area contributed by atoms with E-state index in [4.69, 9.17) is 9.84 Å². The molecule has 2 rings (SSSR count). The monoisotopic (exact) mass is 257 g/mol. The van der Waals surface area contributed by atoms with Crippen LogP contribution in [0.4, 0.5) is 0 Å². The van der Waals surface area contributed by atoms with Gasteiger partial charge in [0.2, 0.25) is 0 Å². The van der Waals surface area contributed by atoms with Gasteiger partial charge in [-0.1, -0.05) is 20.3 Å². The zero-order chi connectivity index (χ0) is 13.4. The largest absolute Gasteiger partial charge is 0.481 e. The van der Waals surface area contributed by atoms with Crippen molar-refractivity contribution in [3.05, 3.63) is 0 Å². The third kappa shape index (κ3) is 5.36. The van der Waals surface area contributed by atoms with Crippen molar-refractivity contribution in [3.8, 4) is 0 Å². The minimum atomic E-state index is -0.633. The van der Waals surface area contributed by atoms with Gasteiger partial charge in [0.05, 0.1) is 5.92 Å². The minimum Gasteiger partial charge on any atom is -0.481 e. The second-order valence-corrected chi connectivity index (χ2v) is 5.31. The van der Waals surface area contributed by atoms with E-state index in [0.717, 1.165) is 45.3 Å². The molecule has 2 fully saturated rings. The van der Waals surface area contributed by atoms with E-state index in [1.807, 2.05) is 0 Å². The van der Waals surface area contributed by atoms with E-state index in [-0.39, 0.29) is 5.92 Å². The molecule has 106 valence electrons. The predicted octanol–water partition coefficient (Wildman–Crippen LogP) is 2.42. The van der Waals surface area contributed by atoms with Crippen molar-refractivity contribution in [1.29, 1.82) is 0 Å². The molecular formula is C14H27NO3. The molecule has 0 bridgehead atoms. The number of carbonyl (C=O) groups is 1. The molecule has 2 atom stereocenters. The number of ether oxygens (including phenoxy) is 1. The van der Waals surface area contributed by atoms with Crippen LogP contribution in [0.5, 0.6) is 0 Å². The summed E-state index contributed by atoms with van der Waals surface area (Å²) in [6, 6.07) is 0.950. The number of hydrogen-bond donors (Lipinski definition) is 2. The van der Waals surface area contributed by atoms with Crippen LogP contribution in [0.2, 0.25) is 0 Å². The van der Waals surface area contributed by atoms with Crippen LogP contribution < -0.4 is 5.32 Å². The Hall–Kier alpha value is -0.610. The number of carboxylic acids is 1. The van der Waals surface area contributed by atoms with Crippen LogP contribution >= 0.6 is 0 Å². The summed E-state index contributed by atoms with van der Waals surface area (Å²) < 4.78 is 5.29. The van der Waals surface area contributed by atoms with Crippen molar-refractivity contribution in [2.24, 2.45) is 5.92 Å². The minimum absolute atomic E-state index is 0.123. The highest BCUT2D eigenvalue weighted by molar-refractivity contribution is 5.70. The van der Waals surface area contributed by atoms with E-state index in [1.165, 1.54) is 6.42 Å². The molecule has 4 heteroatoms. The van der Waals surface area contributed by atoms with Gasteiger partial charge in [0, 0.05) is 25.3 Å². The van der Waals surface area contributed by atoms with Crippen molar-refractivity contribution in [2.75, 3.05) is 13.2 Å². The van der Waals surface area contributed by atoms with Crippen LogP contribution in [0, 0.1) is 5.92 Å². The van der Waals surface area contributed by atoms with Gasteiger partial charge in [0.1, 0.15) is 0 Å². The lowest BCUT2D eigenvalue weighted by Crippen LogP contribution is -2.40. The van der Waals surface area contributed by atoms with Gasteiger partial charge >= 0.3 is 5.97 Å². The fourth-order valence-electron chi connectivity index (χ4n) is 2.55. The topological polar surface area (TPSA) is 58.6 Å². The third-order valence-electron chi connectivity index (χ3n) is 3.47. The maximum Gasteiger partial charge on any atom is 0.306 e. The molecule has 1 aliphatic heterocycles. The van der Waals surface area contributed by atoms with E-state index in [0.29, 0.717) is 12.1 Å². The Kier molecular flexibility index (Phi) is 7.28. The highest BCUT2D eigenvalue weighted by Gasteiger charge is 2.30. The maximum absolute atomic E-state index is 10.8. The van der Waals surface area contributed by atoms with Gasteiger partial charge in [-0.25, -0.2) is 0 Å². The Labute approximate surface area is 110 Å². The van der Waals surface area contributed by atoms with Crippen LogP contribution in [0.1, 0.15) is 52.4 Å². The molecule has 0 radical (unpaired) electrons. The summed E-state index contributed by atoms with van der Waals surface area (Å²) in [5.74, 6) is -0.756. The smallest absolute Gasteiger partial charge is 0.306 e. The molecule has 4 nitrogen and oxygen atoms in total. The zero-order valence-electron chi connectivity index (χ0n) is 11.7. The summed E-state index contributed by atoms with van der Waals surface area (Å²) in [5, 5.41) is 12.4. The van der Waals surface area contributed by atoms with Crippen molar-refractivity contribution in [1.82, 2.24) is 5.32 Å². The standard InChI is InChI=1S/C11H19NO3.C3H8/c13-11(14)8-1-2-10(7-8)12-9-3-5-15-6-4-9;1-3-2/h8-10,12H,1-7H2,(H,13,14);3H2,1-2H3. The fourth-order valence-corrected chi connectivity index (χ4v) is 2.55. The molecule has 1 saturated heterocycles. The van der Waals surface area contributed by atoms with Crippen molar-refractivity contribution < 1.29 is 14.6 Å². The third-order valence-corrected chi connectivity index (χ3v) is 3.47. The molecule has 1 aliphatic carbocycles. The quantitative estimate of drug-likeness (QED) is 0.815. The zero-order valence-corrected chi connectivity index (χ0v) is 11.7. The Morgan fingerprint density at radius 3 is 2.28 bits per heavy atom. The van der Waals surface area contributed by atoms with Crippen LogP contribution in [0.15, 0.2) is 0 Å². The Balaban J connectivity index is 0.000000492. The summed E-state index contributed by atoms with van der Waals surface area (Å²) in [6.45, 7) is 5.93. The summed E-state index contributed by atoms with van der Waals surface area (Å²) >= 11 is 0. The lowest BCUT2D eigenvalue weighted by atomic mass is 10.1. The van der Waals surface area contributed by atoms with Gasteiger partial charge < -0.3 is 15.2 Å². The van der Waals surface area contributed by atoms with E-state index in [2.05, 4.69) is 19.2 Å². The normalized spacial score (nSPS) is 28.6. The maximum atomic E-state index is 10.8. The van der Waals surface area contributed by atoms with Crippen molar-refractivity contribution in [2.45, 2.75) is 64.5 Å². The number of carboxylic acid groups (broad SMARTS) is 1. The Morgan fingerprint density at radius 1 is 1.17 bits per heavy atom. The van der Waals surface area contributed by atoms with E-state index in [9.17, 15) is 4.79 Å². The number of rotatable bonds is 3. The molecule has 2 N–H and O–H groups in total. The van der Waals surface area contributed by atoms with Crippen LogP contribution in [-0.4, -0.2) is 36.4 Å². The SMILES string of the molecule is CCC.O=C(O)C1CCC(NC2CCOCC2)C1. The van der Waals surface area contributed by atoms with Gasteiger partial charge in [-0.2, -0.15) is 0 Å². The second kappa shape index (κ2) is 8.48. The van der Waals surface area contributed by atoms with Gasteiger partial charge in [-0.15, -0.1) is 0 Å². The van der Waals surface area contributed by atoms with Gasteiger partial charge in [-0.05, 0) is 32.1 Å². The lowest BCUT2D eigenvalue weighted by molar-refractivity contribution is -0.141. The van der Waals surface area contributed by atoms with Gasteiger partial charge in [0.25, 0.3) is 0 Å². The molecule has 1 saturated carbocycles. The second-order valence-electron chi connectivity index (χ2n) is 5.31. The molecular weight excluding hydrogens is 230 g/mol. The van der Waals surface area contributed by atoms with E-state index < -0.39 is 5.97 Å². The van der Waals surface area contributed by atoms with Crippen molar-refractivity contribution >= 4 is 5.97 Å². The first kappa shape index (κ1) is 15.4. The highest BCUT2D eigenvalue weighted by atomic mass is 16.5. The molecule has 0 aromatic rings. The first-order valence-corrected chi connectivity index (χ1v) is 7.23. The van der Waals surface area contributed by atoms with Crippen LogP contribution in [-0.2, 0) is 9.53 Å². The average Bonchev–Trinajstić information content (AvgIpc) is 2.80. The van der Waals surface area contributed by atoms with Crippen molar-refractivity contribution in [3.63, 3.8) is 0 Å². The molecule has 2 aliphatic rings. The number of hydrogen-bond acceptors (Lipinski definition) is 3. The first-order chi connectivity index (χ1) is 8.67. The predicted molar refractivity (Wildman–Crippen MR) is 71.7 cm³/mol. The molecule has 0 spiro atoms. The average molecular weight is 257 g/mol. The highest BCUT2D eigenvalue weighted by Crippen LogP contribution is 2.26. The Morgan fingerprint density at radius 2 is 1.78 bits per heavy atom. The molecule has 2 unspecified atom stereocenters. The number of aliphatic carboxylic acids is 1. The lowest BCUT2D eigenvalue weighted by Gasteiger charge is -2.26. The fraction of sp³-hybridized carbons (Fsp3) is 0.929. The summed E-state index contributed by atoms with van der Waals surface area (Å²) in [4.78, 5) is 10.8. The molecule has 0 amide bonds. The van der Waals surface area contributed by atoms with E-state index >= 15 is 0 Å². The summed E-state index contributed by atoms with van der Waals surface area (Å²) in [5.41, 5.74) is 0.